The van der Waals surface area contributed by atoms with E-state index in [0.717, 1.165) is 15.8 Å². The van der Waals surface area contributed by atoms with Gasteiger partial charge in [-0.15, -0.1) is 5.10 Å². The fourth-order valence-electron chi connectivity index (χ4n) is 3.69. The van der Waals surface area contributed by atoms with Gasteiger partial charge < -0.3 is 14.6 Å². The number of methoxy groups -OCH3 is 1. The summed E-state index contributed by atoms with van der Waals surface area (Å²) >= 11 is 0. The summed E-state index contributed by atoms with van der Waals surface area (Å²) in [6, 6.07) is 17.3. The molecular weight excluding hydrogens is 464 g/mol. The van der Waals surface area contributed by atoms with Gasteiger partial charge in [0, 0.05) is 17.4 Å². The largest absolute Gasteiger partial charge is 0.465 e. The van der Waals surface area contributed by atoms with E-state index in [4.69, 9.17) is 4.52 Å². The number of benzene rings is 2. The smallest absolute Gasteiger partial charge is 0.350 e. The minimum absolute atomic E-state index is 0.199. The van der Waals surface area contributed by atoms with E-state index in [-0.39, 0.29) is 18.1 Å². The fourth-order valence-corrected chi connectivity index (χ4v) is 3.69. The van der Waals surface area contributed by atoms with Crippen molar-refractivity contribution in [3.8, 4) is 22.8 Å². The number of fused-ring (bicyclic) bond motifs is 1. The van der Waals surface area contributed by atoms with E-state index < -0.39 is 17.6 Å². The summed E-state index contributed by atoms with van der Waals surface area (Å²) in [5.41, 5.74) is 2.91. The van der Waals surface area contributed by atoms with Crippen LogP contribution in [0.3, 0.4) is 0 Å². The molecule has 0 aliphatic heterocycles. The fraction of sp³-hybridized carbons (Fsp3) is 0.120. The molecule has 1 amide bonds. The van der Waals surface area contributed by atoms with Crippen molar-refractivity contribution in [1.82, 2.24) is 24.3 Å². The zero-order chi connectivity index (χ0) is 25.2. The maximum absolute atomic E-state index is 12.9. The molecule has 0 bridgehead atoms. The average Bonchev–Trinajstić information content (AvgIpc) is 3.49. The Hall–Kier alpha value is -5.06. The lowest BCUT2D eigenvalue weighted by molar-refractivity contribution is -0.117. The SMILES string of the molecule is COC(=O)c1ccc(NC(=O)Cn2nc3c(-c4nc(-c5cccc(C)c5)no4)cccn3c2=O)cc1. The van der Waals surface area contributed by atoms with Crippen molar-refractivity contribution in [3.05, 3.63) is 88.5 Å². The average molecular weight is 484 g/mol. The Labute approximate surface area is 203 Å². The number of hydrogen-bond acceptors (Lipinski definition) is 8. The number of rotatable bonds is 6. The number of hydrogen-bond donors (Lipinski definition) is 1. The third kappa shape index (κ3) is 4.37. The number of carbonyl (C=O) groups excluding carboxylic acids is 2. The predicted molar refractivity (Wildman–Crippen MR) is 129 cm³/mol. The number of aromatic nitrogens is 5. The molecule has 0 radical (unpaired) electrons. The highest BCUT2D eigenvalue weighted by Gasteiger charge is 2.19. The van der Waals surface area contributed by atoms with Gasteiger partial charge in [-0.05, 0) is 49.4 Å². The molecule has 0 spiro atoms. The molecular formula is C25H20N6O5. The third-order valence-corrected chi connectivity index (χ3v) is 5.43. The highest BCUT2D eigenvalue weighted by atomic mass is 16.5. The zero-order valence-corrected chi connectivity index (χ0v) is 19.3. The van der Waals surface area contributed by atoms with Crippen molar-refractivity contribution in [1.29, 1.82) is 0 Å². The number of pyridine rings is 1. The van der Waals surface area contributed by atoms with Crippen LogP contribution in [0.5, 0.6) is 0 Å². The van der Waals surface area contributed by atoms with E-state index in [1.807, 2.05) is 31.2 Å². The summed E-state index contributed by atoms with van der Waals surface area (Å²) in [6.07, 6.45) is 1.55. The molecule has 180 valence electrons. The van der Waals surface area contributed by atoms with Crippen molar-refractivity contribution in [3.63, 3.8) is 0 Å². The molecule has 11 nitrogen and oxygen atoms in total. The number of ether oxygens (including phenoxy) is 1. The van der Waals surface area contributed by atoms with Crippen molar-refractivity contribution in [2.75, 3.05) is 12.4 Å². The van der Waals surface area contributed by atoms with Gasteiger partial charge in [0.05, 0.1) is 18.2 Å². The van der Waals surface area contributed by atoms with Crippen molar-refractivity contribution >= 4 is 23.2 Å². The van der Waals surface area contributed by atoms with Crippen LogP contribution in [0.2, 0.25) is 0 Å². The summed E-state index contributed by atoms with van der Waals surface area (Å²) in [6.45, 7) is 1.65. The minimum atomic E-state index is -0.499. The molecule has 3 aromatic heterocycles. The lowest BCUT2D eigenvalue weighted by atomic mass is 10.1. The van der Waals surface area contributed by atoms with Gasteiger partial charge in [0.2, 0.25) is 11.7 Å². The molecule has 0 saturated heterocycles. The van der Waals surface area contributed by atoms with Gasteiger partial charge in [0.25, 0.3) is 5.89 Å². The molecule has 3 heterocycles. The van der Waals surface area contributed by atoms with Crippen LogP contribution in [-0.2, 0) is 16.1 Å². The molecule has 5 rings (SSSR count). The first-order valence-electron chi connectivity index (χ1n) is 10.9. The number of amides is 1. The van der Waals surface area contributed by atoms with Crippen LogP contribution in [0.1, 0.15) is 15.9 Å². The van der Waals surface area contributed by atoms with Crippen molar-refractivity contribution in [2.24, 2.45) is 0 Å². The summed E-state index contributed by atoms with van der Waals surface area (Å²) in [4.78, 5) is 41.5. The molecule has 11 heteroatoms. The summed E-state index contributed by atoms with van der Waals surface area (Å²) in [7, 11) is 1.29. The summed E-state index contributed by atoms with van der Waals surface area (Å²) in [5.74, 6) is -0.334. The van der Waals surface area contributed by atoms with E-state index in [0.29, 0.717) is 22.6 Å². The normalized spacial score (nSPS) is 10.9. The first-order chi connectivity index (χ1) is 17.4. The molecule has 0 aliphatic rings. The maximum atomic E-state index is 12.9. The lowest BCUT2D eigenvalue weighted by Crippen LogP contribution is -2.28. The minimum Gasteiger partial charge on any atom is -0.465 e. The molecule has 0 atom stereocenters. The first-order valence-corrected chi connectivity index (χ1v) is 10.9. The molecule has 0 unspecified atom stereocenters. The van der Waals surface area contributed by atoms with Crippen molar-refractivity contribution in [2.45, 2.75) is 13.5 Å². The van der Waals surface area contributed by atoms with Crippen LogP contribution in [0.15, 0.2) is 76.2 Å². The number of carbonyl (C=O) groups is 2. The number of nitrogens with zero attached hydrogens (tertiary/aromatic N) is 5. The van der Waals surface area contributed by atoms with Gasteiger partial charge in [-0.3, -0.25) is 4.79 Å². The van der Waals surface area contributed by atoms with Gasteiger partial charge >= 0.3 is 11.7 Å². The Morgan fingerprint density at radius 3 is 2.64 bits per heavy atom. The Balaban J connectivity index is 1.39. The molecule has 36 heavy (non-hydrogen) atoms. The molecule has 5 aromatic rings. The second-order valence-corrected chi connectivity index (χ2v) is 7.97. The van der Waals surface area contributed by atoms with Crippen LogP contribution in [0, 0.1) is 6.92 Å². The second kappa shape index (κ2) is 9.29. The molecule has 0 aliphatic carbocycles. The number of anilines is 1. The zero-order valence-electron chi connectivity index (χ0n) is 19.3. The highest BCUT2D eigenvalue weighted by molar-refractivity contribution is 5.93. The first kappa shape index (κ1) is 22.7. The van der Waals surface area contributed by atoms with Crippen LogP contribution >= 0.6 is 0 Å². The van der Waals surface area contributed by atoms with Crippen LogP contribution in [0.25, 0.3) is 28.5 Å². The molecule has 0 fully saturated rings. The van der Waals surface area contributed by atoms with Gasteiger partial charge in [-0.2, -0.15) is 4.98 Å². The second-order valence-electron chi connectivity index (χ2n) is 7.97. The Morgan fingerprint density at radius 2 is 1.89 bits per heavy atom. The van der Waals surface area contributed by atoms with E-state index in [1.54, 1.807) is 30.5 Å². The predicted octanol–water partition coefficient (Wildman–Crippen LogP) is 2.95. The van der Waals surface area contributed by atoms with Crippen LogP contribution in [-0.4, -0.2) is 43.3 Å². The van der Waals surface area contributed by atoms with E-state index in [9.17, 15) is 14.4 Å². The number of nitrogens with one attached hydrogen (secondary N) is 1. The topological polar surface area (TPSA) is 134 Å². The van der Waals surface area contributed by atoms with E-state index in [2.05, 4.69) is 25.3 Å². The Kier molecular flexibility index (Phi) is 5.87. The molecule has 1 N–H and O–H groups in total. The Morgan fingerprint density at radius 1 is 1.08 bits per heavy atom. The van der Waals surface area contributed by atoms with E-state index in [1.165, 1.54) is 23.6 Å². The van der Waals surface area contributed by atoms with Gasteiger partial charge in [-0.25, -0.2) is 18.7 Å². The van der Waals surface area contributed by atoms with Crippen LogP contribution < -0.4 is 11.0 Å². The van der Waals surface area contributed by atoms with E-state index >= 15 is 0 Å². The number of esters is 1. The third-order valence-electron chi connectivity index (χ3n) is 5.43. The lowest BCUT2D eigenvalue weighted by Gasteiger charge is -2.05. The maximum Gasteiger partial charge on any atom is 0.350 e. The number of aryl methyl sites for hydroxylation is 1. The Bertz CT molecular complexity index is 1650. The summed E-state index contributed by atoms with van der Waals surface area (Å²) < 4.78 is 12.5. The highest BCUT2D eigenvalue weighted by Crippen LogP contribution is 2.25. The van der Waals surface area contributed by atoms with Crippen molar-refractivity contribution < 1.29 is 18.8 Å². The van der Waals surface area contributed by atoms with Gasteiger partial charge in [0.15, 0.2) is 5.65 Å². The van der Waals surface area contributed by atoms with Gasteiger partial charge in [-0.1, -0.05) is 28.9 Å². The molecule has 0 saturated carbocycles. The van der Waals surface area contributed by atoms with Gasteiger partial charge in [0.1, 0.15) is 6.54 Å². The monoisotopic (exact) mass is 484 g/mol. The quantitative estimate of drug-likeness (QED) is 0.364. The summed E-state index contributed by atoms with van der Waals surface area (Å²) in [5, 5.41) is 11.1. The standard InChI is InChI=1S/C25H20N6O5/c1-15-5-3-6-17(13-15)21-27-23(36-29-21)19-7-4-12-30-22(19)28-31(25(30)34)14-20(32)26-18-10-8-16(9-11-18)24(33)35-2/h3-13H,14H2,1-2H3,(H,26,32). The van der Waals surface area contributed by atoms with Crippen LogP contribution in [0.4, 0.5) is 5.69 Å². The molecule has 2 aromatic carbocycles.